The predicted molar refractivity (Wildman–Crippen MR) is 79.1 cm³/mol. The van der Waals surface area contributed by atoms with E-state index in [1.165, 1.54) is 12.8 Å². The third-order valence-corrected chi connectivity index (χ3v) is 3.67. The maximum atomic E-state index is 6.12. The molecule has 19 heavy (non-hydrogen) atoms. The zero-order valence-corrected chi connectivity index (χ0v) is 12.5. The molecule has 0 fully saturated rings. The lowest BCUT2D eigenvalue weighted by molar-refractivity contribution is 0.493. The lowest BCUT2D eigenvalue weighted by Crippen LogP contribution is -2.11. The highest BCUT2D eigenvalue weighted by molar-refractivity contribution is 5.78. The second-order valence-corrected chi connectivity index (χ2v) is 5.32. The molecule has 2 N–H and O–H groups in total. The number of aryl methyl sites for hydroxylation is 2. The molecule has 0 saturated carbocycles. The minimum atomic E-state index is 0.370. The summed E-state index contributed by atoms with van der Waals surface area (Å²) in [5.74, 6) is 0.615. The first kappa shape index (κ1) is 13.9. The van der Waals surface area contributed by atoms with E-state index >= 15 is 0 Å². The number of fused-ring (bicyclic) bond motifs is 1. The Morgan fingerprint density at radius 3 is 2.63 bits per heavy atom. The summed E-state index contributed by atoms with van der Waals surface area (Å²) in [5, 5.41) is 4.58. The van der Waals surface area contributed by atoms with Crippen LogP contribution in [0.15, 0.2) is 0 Å². The van der Waals surface area contributed by atoms with Crippen LogP contribution < -0.4 is 5.73 Å². The molecule has 2 aromatic heterocycles. The van der Waals surface area contributed by atoms with Gasteiger partial charge in [-0.1, -0.05) is 33.1 Å². The first-order chi connectivity index (χ1) is 9.10. The number of nitrogen functional groups attached to an aromatic ring is 1. The van der Waals surface area contributed by atoms with E-state index < -0.39 is 0 Å². The van der Waals surface area contributed by atoms with E-state index in [-0.39, 0.29) is 0 Å². The Morgan fingerprint density at radius 2 is 2.00 bits per heavy atom. The van der Waals surface area contributed by atoms with Crippen molar-refractivity contribution in [2.45, 2.75) is 58.9 Å². The molecule has 5 nitrogen and oxygen atoms in total. The van der Waals surface area contributed by atoms with Crippen LogP contribution in [-0.4, -0.2) is 19.3 Å². The fraction of sp³-hybridized carbons (Fsp3) is 0.714. The largest absolute Gasteiger partial charge is 0.369 e. The molecule has 1 atom stereocenters. The van der Waals surface area contributed by atoms with Crippen LogP contribution in [-0.2, 0) is 13.5 Å². The first-order valence-corrected chi connectivity index (χ1v) is 7.29. The second-order valence-electron chi connectivity index (χ2n) is 5.32. The Labute approximate surface area is 114 Å². The van der Waals surface area contributed by atoms with Crippen molar-refractivity contribution in [2.24, 2.45) is 7.05 Å². The van der Waals surface area contributed by atoms with E-state index in [0.717, 1.165) is 36.1 Å². The van der Waals surface area contributed by atoms with Crippen LogP contribution in [0.2, 0.25) is 0 Å². The molecule has 0 aliphatic heterocycles. The summed E-state index contributed by atoms with van der Waals surface area (Å²) >= 11 is 0. The van der Waals surface area contributed by atoms with Gasteiger partial charge in [0.05, 0.1) is 5.69 Å². The molecule has 0 bridgehead atoms. The van der Waals surface area contributed by atoms with Crippen molar-refractivity contribution in [1.29, 1.82) is 0 Å². The molecule has 0 saturated heterocycles. The minimum Gasteiger partial charge on any atom is -0.369 e. The van der Waals surface area contributed by atoms with Crippen molar-refractivity contribution >= 4 is 17.1 Å². The number of hydrogen-bond donors (Lipinski definition) is 1. The quantitative estimate of drug-likeness (QED) is 0.871. The molecule has 106 valence electrons. The Balaban J connectivity index is 2.46. The van der Waals surface area contributed by atoms with E-state index in [0.29, 0.717) is 12.0 Å². The van der Waals surface area contributed by atoms with Gasteiger partial charge in [-0.05, 0) is 19.8 Å². The topological polar surface area (TPSA) is 61.7 Å². The highest BCUT2D eigenvalue weighted by Crippen LogP contribution is 2.27. The summed E-state index contributed by atoms with van der Waals surface area (Å²) in [4.78, 5) is 4.54. The van der Waals surface area contributed by atoms with Crippen molar-refractivity contribution in [3.05, 3.63) is 5.69 Å². The van der Waals surface area contributed by atoms with E-state index in [1.54, 1.807) is 0 Å². The molecule has 0 aliphatic rings. The molecule has 2 aromatic rings. The molecule has 2 rings (SSSR count). The lowest BCUT2D eigenvalue weighted by Gasteiger charge is -2.15. The van der Waals surface area contributed by atoms with Gasteiger partial charge < -0.3 is 5.73 Å². The van der Waals surface area contributed by atoms with Crippen molar-refractivity contribution in [3.63, 3.8) is 0 Å². The van der Waals surface area contributed by atoms with Crippen molar-refractivity contribution in [2.75, 3.05) is 5.73 Å². The number of hydrogen-bond acceptors (Lipinski definition) is 3. The van der Waals surface area contributed by atoms with Gasteiger partial charge in [-0.2, -0.15) is 5.10 Å². The third-order valence-electron chi connectivity index (χ3n) is 3.67. The van der Waals surface area contributed by atoms with Crippen LogP contribution in [0.3, 0.4) is 0 Å². The molecule has 0 aromatic carbocycles. The summed E-state index contributed by atoms with van der Waals surface area (Å²) in [6.45, 7) is 6.58. The number of aromatic nitrogens is 4. The smallest absolute Gasteiger partial charge is 0.202 e. The van der Waals surface area contributed by atoms with Crippen molar-refractivity contribution in [3.8, 4) is 0 Å². The summed E-state index contributed by atoms with van der Waals surface area (Å²) in [5.41, 5.74) is 9.21. The van der Waals surface area contributed by atoms with Gasteiger partial charge in [0.25, 0.3) is 0 Å². The Kier molecular flexibility index (Phi) is 4.12. The van der Waals surface area contributed by atoms with Crippen LogP contribution in [0.4, 0.5) is 5.95 Å². The maximum absolute atomic E-state index is 6.12. The SMILES string of the molecule is CCCCC(C)n1c(N)nc2c(CCC)nn(C)c21. The van der Waals surface area contributed by atoms with Crippen LogP contribution >= 0.6 is 0 Å². The van der Waals surface area contributed by atoms with Crippen LogP contribution in [0.1, 0.15) is 58.2 Å². The van der Waals surface area contributed by atoms with E-state index in [2.05, 4.69) is 35.4 Å². The first-order valence-electron chi connectivity index (χ1n) is 7.29. The number of unbranched alkanes of at least 4 members (excludes halogenated alkanes) is 1. The number of rotatable bonds is 6. The zero-order valence-electron chi connectivity index (χ0n) is 12.5. The monoisotopic (exact) mass is 263 g/mol. The summed E-state index contributed by atoms with van der Waals surface area (Å²) in [6, 6.07) is 0.370. The normalized spacial score (nSPS) is 13.3. The number of anilines is 1. The van der Waals surface area contributed by atoms with E-state index in [1.807, 2.05) is 11.7 Å². The molecule has 5 heteroatoms. The molecule has 0 radical (unpaired) electrons. The third kappa shape index (κ3) is 2.46. The zero-order chi connectivity index (χ0) is 14.0. The molecular formula is C14H25N5. The average molecular weight is 263 g/mol. The predicted octanol–water partition coefficient (Wildman–Crippen LogP) is 3.06. The fourth-order valence-corrected chi connectivity index (χ4v) is 2.69. The summed E-state index contributed by atoms with van der Waals surface area (Å²) in [6.07, 6.45) is 5.57. The van der Waals surface area contributed by atoms with Gasteiger partial charge >= 0.3 is 0 Å². The molecule has 0 amide bonds. The Bertz CT molecular complexity index is 552. The Hall–Kier alpha value is -1.52. The number of imidazole rings is 1. The average Bonchev–Trinajstić information content (AvgIpc) is 2.85. The fourth-order valence-electron chi connectivity index (χ4n) is 2.69. The van der Waals surface area contributed by atoms with Gasteiger partial charge in [0.15, 0.2) is 5.65 Å². The highest BCUT2D eigenvalue weighted by atomic mass is 15.4. The molecular weight excluding hydrogens is 238 g/mol. The van der Waals surface area contributed by atoms with Crippen molar-refractivity contribution < 1.29 is 0 Å². The molecule has 2 heterocycles. The van der Waals surface area contributed by atoms with Crippen LogP contribution in [0.5, 0.6) is 0 Å². The molecule has 1 unspecified atom stereocenters. The van der Waals surface area contributed by atoms with Crippen molar-refractivity contribution in [1.82, 2.24) is 19.3 Å². The van der Waals surface area contributed by atoms with Gasteiger partial charge in [-0.25, -0.2) is 4.98 Å². The van der Waals surface area contributed by atoms with Crippen LogP contribution in [0.25, 0.3) is 11.2 Å². The standard InChI is InChI=1S/C14H25N5/c1-5-7-9-10(3)19-13-12(16-14(19)15)11(8-6-2)17-18(13)4/h10H,5-9H2,1-4H3,(H2,15,16). The van der Waals surface area contributed by atoms with E-state index in [9.17, 15) is 0 Å². The number of nitrogens with two attached hydrogens (primary N) is 1. The number of nitrogens with zero attached hydrogens (tertiary/aromatic N) is 4. The van der Waals surface area contributed by atoms with E-state index in [4.69, 9.17) is 5.73 Å². The van der Waals surface area contributed by atoms with Gasteiger partial charge in [0, 0.05) is 13.1 Å². The second kappa shape index (κ2) is 5.63. The molecule has 0 aliphatic carbocycles. The summed E-state index contributed by atoms with van der Waals surface area (Å²) in [7, 11) is 1.98. The highest BCUT2D eigenvalue weighted by Gasteiger charge is 2.20. The Morgan fingerprint density at radius 1 is 1.26 bits per heavy atom. The van der Waals surface area contributed by atoms with Gasteiger partial charge in [-0.15, -0.1) is 0 Å². The van der Waals surface area contributed by atoms with Crippen LogP contribution in [0, 0.1) is 0 Å². The molecule has 0 spiro atoms. The maximum Gasteiger partial charge on any atom is 0.202 e. The minimum absolute atomic E-state index is 0.370. The van der Waals surface area contributed by atoms with Gasteiger partial charge in [-0.3, -0.25) is 9.25 Å². The van der Waals surface area contributed by atoms with Gasteiger partial charge in [0.2, 0.25) is 5.95 Å². The summed E-state index contributed by atoms with van der Waals surface area (Å²) < 4.78 is 4.06. The lowest BCUT2D eigenvalue weighted by atomic mass is 10.1. The van der Waals surface area contributed by atoms with Gasteiger partial charge in [0.1, 0.15) is 5.52 Å².